The van der Waals surface area contributed by atoms with Gasteiger partial charge in [-0.05, 0) is 60.9 Å². The molecule has 2 fully saturated rings. The fraction of sp³-hybridized carbons (Fsp3) is 0.348. The zero-order valence-electron chi connectivity index (χ0n) is 17.0. The van der Waals surface area contributed by atoms with Crippen molar-refractivity contribution in [1.29, 1.82) is 5.26 Å². The molecular formula is C23H23N5O2S. The minimum absolute atomic E-state index is 0.151. The first-order chi connectivity index (χ1) is 15.0. The Morgan fingerprint density at radius 1 is 1.00 bits per heavy atom. The standard InChI is InChI=1S/C23H23N5O2S/c24-12-16-9-19(14-26-13-16)18-10-17-3-6-25-15-22(17)23(11-18)27-20-4-7-28(8-5-20)31(29,30)21-1-2-21/h3,6,9-11,13-15,20-21,27H,1-2,4-5,7-8H2. The van der Waals surface area contributed by atoms with Crippen LogP contribution in [0.1, 0.15) is 31.2 Å². The number of hydrogen-bond acceptors (Lipinski definition) is 6. The Bertz CT molecular complexity index is 1270. The number of rotatable bonds is 5. The van der Waals surface area contributed by atoms with E-state index in [1.165, 1.54) is 0 Å². The number of nitrogens with one attached hydrogen (secondary N) is 1. The monoisotopic (exact) mass is 433 g/mol. The maximum absolute atomic E-state index is 12.5. The quantitative estimate of drug-likeness (QED) is 0.661. The van der Waals surface area contributed by atoms with Gasteiger partial charge in [0.05, 0.1) is 10.8 Å². The van der Waals surface area contributed by atoms with Crippen molar-refractivity contribution in [3.63, 3.8) is 0 Å². The van der Waals surface area contributed by atoms with Gasteiger partial charge >= 0.3 is 0 Å². The van der Waals surface area contributed by atoms with Gasteiger partial charge in [0.25, 0.3) is 0 Å². The summed E-state index contributed by atoms with van der Waals surface area (Å²) in [5.41, 5.74) is 3.34. The van der Waals surface area contributed by atoms with Crippen LogP contribution in [-0.4, -0.2) is 47.1 Å². The number of aromatic nitrogens is 2. The third-order valence-corrected chi connectivity index (χ3v) is 8.47. The van der Waals surface area contributed by atoms with Crippen LogP contribution in [-0.2, 0) is 10.0 Å². The van der Waals surface area contributed by atoms with Crippen LogP contribution in [0.5, 0.6) is 0 Å². The van der Waals surface area contributed by atoms with Crippen LogP contribution in [0.15, 0.2) is 49.1 Å². The number of benzene rings is 1. The molecule has 0 bridgehead atoms. The summed E-state index contributed by atoms with van der Waals surface area (Å²) in [6.45, 7) is 1.11. The van der Waals surface area contributed by atoms with E-state index in [1.807, 2.05) is 18.3 Å². The maximum atomic E-state index is 12.5. The molecular weight excluding hydrogens is 410 g/mol. The Hall–Kier alpha value is -3.02. The normalized spacial score (nSPS) is 18.0. The van der Waals surface area contributed by atoms with Gasteiger partial charge in [-0.1, -0.05) is 0 Å². The predicted molar refractivity (Wildman–Crippen MR) is 120 cm³/mol. The van der Waals surface area contributed by atoms with Gasteiger partial charge < -0.3 is 5.32 Å². The van der Waals surface area contributed by atoms with Gasteiger partial charge in [0.1, 0.15) is 6.07 Å². The van der Waals surface area contributed by atoms with Gasteiger partial charge in [-0.3, -0.25) is 9.97 Å². The molecule has 0 amide bonds. The summed E-state index contributed by atoms with van der Waals surface area (Å²) >= 11 is 0. The van der Waals surface area contributed by atoms with Crippen molar-refractivity contribution in [3.05, 3.63) is 54.6 Å². The number of fused-ring (bicyclic) bond motifs is 1. The summed E-state index contributed by atoms with van der Waals surface area (Å²) in [5.74, 6) is 0. The molecule has 2 aromatic heterocycles. The van der Waals surface area contributed by atoms with E-state index in [0.717, 1.165) is 53.3 Å². The predicted octanol–water partition coefficient (Wildman–Crippen LogP) is 3.54. The van der Waals surface area contributed by atoms with Crippen LogP contribution in [0, 0.1) is 11.3 Å². The molecule has 1 N–H and O–H groups in total. The molecule has 0 atom stereocenters. The highest BCUT2D eigenvalue weighted by molar-refractivity contribution is 7.90. The lowest BCUT2D eigenvalue weighted by Gasteiger charge is -2.32. The third kappa shape index (κ3) is 3.99. The summed E-state index contributed by atoms with van der Waals surface area (Å²) in [4.78, 5) is 8.47. The number of pyridine rings is 2. The second-order valence-electron chi connectivity index (χ2n) is 8.26. The lowest BCUT2D eigenvalue weighted by molar-refractivity contribution is 0.329. The first-order valence-corrected chi connectivity index (χ1v) is 12.0. The number of sulfonamides is 1. The van der Waals surface area contributed by atoms with Crippen molar-refractivity contribution in [1.82, 2.24) is 14.3 Å². The Labute approximate surface area is 181 Å². The van der Waals surface area contributed by atoms with Crippen molar-refractivity contribution in [2.45, 2.75) is 37.0 Å². The molecule has 2 aliphatic rings. The van der Waals surface area contributed by atoms with E-state index in [0.29, 0.717) is 18.7 Å². The molecule has 0 radical (unpaired) electrons. The van der Waals surface area contributed by atoms with Crippen molar-refractivity contribution < 1.29 is 8.42 Å². The molecule has 8 heteroatoms. The molecule has 7 nitrogen and oxygen atoms in total. The van der Waals surface area contributed by atoms with E-state index in [-0.39, 0.29) is 11.3 Å². The fourth-order valence-electron chi connectivity index (χ4n) is 4.19. The second kappa shape index (κ2) is 7.91. The summed E-state index contributed by atoms with van der Waals surface area (Å²) in [6.07, 6.45) is 10.1. The van der Waals surface area contributed by atoms with Crippen LogP contribution in [0.3, 0.4) is 0 Å². The van der Waals surface area contributed by atoms with Crippen molar-refractivity contribution in [2.75, 3.05) is 18.4 Å². The Morgan fingerprint density at radius 3 is 2.55 bits per heavy atom. The first kappa shape index (κ1) is 19.9. The molecule has 3 heterocycles. The Morgan fingerprint density at radius 2 is 1.81 bits per heavy atom. The molecule has 1 aromatic carbocycles. The summed E-state index contributed by atoms with van der Waals surface area (Å²) in [5, 5.41) is 14.8. The van der Waals surface area contributed by atoms with Crippen molar-refractivity contribution in [2.24, 2.45) is 0 Å². The molecule has 0 unspecified atom stereocenters. The van der Waals surface area contributed by atoms with Crippen LogP contribution in [0.4, 0.5) is 5.69 Å². The van der Waals surface area contributed by atoms with E-state index in [2.05, 4.69) is 33.5 Å². The van der Waals surface area contributed by atoms with Crippen molar-refractivity contribution in [3.8, 4) is 17.2 Å². The first-order valence-electron chi connectivity index (χ1n) is 10.5. The minimum atomic E-state index is -3.11. The number of nitrogens with zero attached hydrogens (tertiary/aromatic N) is 4. The lowest BCUT2D eigenvalue weighted by Crippen LogP contribution is -2.43. The molecule has 1 aliphatic heterocycles. The van der Waals surface area contributed by atoms with Gasteiger partial charge in [-0.15, -0.1) is 0 Å². The van der Waals surface area contributed by atoms with Crippen LogP contribution in [0.25, 0.3) is 21.9 Å². The summed E-state index contributed by atoms with van der Waals surface area (Å²) in [7, 11) is -3.11. The zero-order valence-corrected chi connectivity index (χ0v) is 17.8. The molecule has 3 aromatic rings. The molecule has 31 heavy (non-hydrogen) atoms. The highest BCUT2D eigenvalue weighted by Crippen LogP contribution is 2.34. The summed E-state index contributed by atoms with van der Waals surface area (Å²) in [6, 6.07) is 10.3. The Balaban J connectivity index is 1.41. The van der Waals surface area contributed by atoms with E-state index in [9.17, 15) is 13.7 Å². The lowest BCUT2D eigenvalue weighted by atomic mass is 9.99. The number of anilines is 1. The average Bonchev–Trinajstić information content (AvgIpc) is 3.66. The van der Waals surface area contributed by atoms with Gasteiger partial charge in [0, 0.05) is 60.6 Å². The van der Waals surface area contributed by atoms with E-state index < -0.39 is 10.0 Å². The number of piperidine rings is 1. The fourth-order valence-corrected chi connectivity index (χ4v) is 6.07. The van der Waals surface area contributed by atoms with Crippen molar-refractivity contribution >= 4 is 26.5 Å². The highest BCUT2D eigenvalue weighted by atomic mass is 32.2. The van der Waals surface area contributed by atoms with E-state index in [1.54, 1.807) is 22.9 Å². The SMILES string of the molecule is N#Cc1cncc(-c2cc(NC3CCN(S(=O)(=O)C4CC4)CC3)c3cnccc3c2)c1. The summed E-state index contributed by atoms with van der Waals surface area (Å²) < 4.78 is 26.7. The Kier molecular flexibility index (Phi) is 5.08. The van der Waals surface area contributed by atoms with E-state index in [4.69, 9.17) is 0 Å². The molecule has 0 spiro atoms. The second-order valence-corrected chi connectivity index (χ2v) is 10.5. The van der Waals surface area contributed by atoms with Gasteiger partial charge in [-0.2, -0.15) is 5.26 Å². The smallest absolute Gasteiger partial charge is 0.216 e. The number of nitriles is 1. The molecule has 1 saturated carbocycles. The molecule has 1 aliphatic carbocycles. The van der Waals surface area contributed by atoms with Crippen LogP contribution >= 0.6 is 0 Å². The molecule has 158 valence electrons. The maximum Gasteiger partial charge on any atom is 0.216 e. The van der Waals surface area contributed by atoms with Crippen LogP contribution < -0.4 is 5.32 Å². The number of hydrogen-bond donors (Lipinski definition) is 1. The molecule has 1 saturated heterocycles. The van der Waals surface area contributed by atoms with Crippen LogP contribution in [0.2, 0.25) is 0 Å². The van der Waals surface area contributed by atoms with Gasteiger partial charge in [0.15, 0.2) is 0 Å². The zero-order chi connectivity index (χ0) is 21.4. The highest BCUT2D eigenvalue weighted by Gasteiger charge is 2.41. The van der Waals surface area contributed by atoms with E-state index >= 15 is 0 Å². The largest absolute Gasteiger partial charge is 0.382 e. The third-order valence-electron chi connectivity index (χ3n) is 6.08. The van der Waals surface area contributed by atoms with Gasteiger partial charge in [0.2, 0.25) is 10.0 Å². The minimum Gasteiger partial charge on any atom is -0.382 e. The topological polar surface area (TPSA) is 99.0 Å². The average molecular weight is 434 g/mol. The molecule has 5 rings (SSSR count). The van der Waals surface area contributed by atoms with Gasteiger partial charge in [-0.25, -0.2) is 12.7 Å².